The van der Waals surface area contributed by atoms with E-state index in [0.29, 0.717) is 23.2 Å². The Morgan fingerprint density at radius 3 is 2.56 bits per heavy atom. The first kappa shape index (κ1) is 29.0. The van der Waals surface area contributed by atoms with Crippen LogP contribution in [-0.4, -0.2) is 22.0 Å². The van der Waals surface area contributed by atoms with Crippen LogP contribution < -0.4 is 21.8 Å². The molecule has 0 spiro atoms. The number of hydrogen-bond donors (Lipinski definition) is 3. The van der Waals surface area contributed by atoms with E-state index >= 15 is 4.39 Å². The number of nitrogen functional groups attached to an aromatic ring is 1. The van der Waals surface area contributed by atoms with Crippen LogP contribution in [0, 0.1) is 23.0 Å². The molecule has 1 fully saturated rings. The minimum Gasteiger partial charge on any atom is -0.391 e. The Morgan fingerprint density at radius 1 is 1.19 bits per heavy atom. The summed E-state index contributed by atoms with van der Waals surface area (Å²) in [4.78, 5) is 31.2. The third-order valence-electron chi connectivity index (χ3n) is 7.11. The summed E-state index contributed by atoms with van der Waals surface area (Å²) in [6.45, 7) is 6.48. The van der Waals surface area contributed by atoms with Crippen molar-refractivity contribution >= 4 is 23.0 Å². The van der Waals surface area contributed by atoms with Crippen molar-refractivity contribution in [3.8, 4) is 28.3 Å². The van der Waals surface area contributed by atoms with Crippen molar-refractivity contribution < 1.29 is 13.6 Å². The molecule has 1 amide bonds. The zero-order valence-electron chi connectivity index (χ0n) is 23.3. The molecule has 43 heavy (non-hydrogen) atoms. The topological polar surface area (TPSA) is 126 Å². The number of carbonyl (C=O) groups is 1. The van der Waals surface area contributed by atoms with Gasteiger partial charge >= 0.3 is 0 Å². The van der Waals surface area contributed by atoms with Gasteiger partial charge in [0.05, 0.1) is 5.56 Å². The maximum atomic E-state index is 15.4. The lowest BCUT2D eigenvalue weighted by molar-refractivity contribution is 0.102. The maximum Gasteiger partial charge on any atom is 0.261 e. The molecule has 1 saturated carbocycles. The number of halogens is 2. The monoisotopic (exact) mass is 578 g/mol. The fourth-order valence-electron chi connectivity index (χ4n) is 4.76. The predicted molar refractivity (Wildman–Crippen MR) is 163 cm³/mol. The first-order chi connectivity index (χ1) is 20.7. The van der Waals surface area contributed by atoms with Crippen molar-refractivity contribution in [3.63, 3.8) is 0 Å². The van der Waals surface area contributed by atoms with Crippen LogP contribution in [0.4, 0.5) is 20.3 Å². The second-order valence-electron chi connectivity index (χ2n) is 10.0. The van der Waals surface area contributed by atoms with Gasteiger partial charge in [-0.3, -0.25) is 9.59 Å². The summed E-state index contributed by atoms with van der Waals surface area (Å²) in [5.74, 6) is -1.81. The zero-order valence-corrected chi connectivity index (χ0v) is 23.3. The summed E-state index contributed by atoms with van der Waals surface area (Å²) >= 11 is 0. The molecular formula is C33H28F2N6O2. The lowest BCUT2D eigenvalue weighted by atomic mass is 10.00. The van der Waals surface area contributed by atoms with E-state index in [1.807, 2.05) is 6.92 Å². The van der Waals surface area contributed by atoms with E-state index in [1.54, 1.807) is 29.1 Å². The number of nitrogens with one attached hydrogen (secondary N) is 2. The molecule has 5 rings (SSSR count). The fraction of sp³-hybridized carbons (Fsp3) is 0.152. The normalized spacial score (nSPS) is 12.8. The summed E-state index contributed by atoms with van der Waals surface area (Å²) in [7, 11) is 0. The van der Waals surface area contributed by atoms with Gasteiger partial charge in [-0.15, -0.1) is 0 Å². The molecule has 0 bridgehead atoms. The lowest BCUT2D eigenvalue weighted by Crippen LogP contribution is -2.26. The van der Waals surface area contributed by atoms with Gasteiger partial charge in [-0.2, -0.15) is 5.26 Å². The molecule has 0 atom stereocenters. The van der Waals surface area contributed by atoms with Gasteiger partial charge < -0.3 is 20.9 Å². The Bertz CT molecular complexity index is 1870. The van der Waals surface area contributed by atoms with Crippen LogP contribution >= 0.6 is 0 Å². The van der Waals surface area contributed by atoms with Crippen molar-refractivity contribution in [2.24, 2.45) is 0 Å². The average Bonchev–Trinajstić information content (AvgIpc) is 3.84. The zero-order chi connectivity index (χ0) is 30.7. The number of nitriles is 1. The fourth-order valence-corrected chi connectivity index (χ4v) is 4.76. The molecule has 2 aromatic carbocycles. The number of carbonyl (C=O) groups excluding carboxylic acids is 1. The molecule has 8 nitrogen and oxygen atoms in total. The van der Waals surface area contributed by atoms with E-state index < -0.39 is 23.0 Å². The van der Waals surface area contributed by atoms with Crippen LogP contribution in [0.3, 0.4) is 0 Å². The number of hydrogen-bond acceptors (Lipinski definition) is 6. The van der Waals surface area contributed by atoms with Crippen LogP contribution in [0.5, 0.6) is 0 Å². The van der Waals surface area contributed by atoms with E-state index in [0.717, 1.165) is 24.5 Å². The maximum absolute atomic E-state index is 15.4. The van der Waals surface area contributed by atoms with Gasteiger partial charge in [0, 0.05) is 53.6 Å². The van der Waals surface area contributed by atoms with Crippen LogP contribution in [0.2, 0.25) is 0 Å². The van der Waals surface area contributed by atoms with Crippen molar-refractivity contribution in [1.82, 2.24) is 14.9 Å². The molecule has 4 aromatic rings. The van der Waals surface area contributed by atoms with Gasteiger partial charge in [-0.25, -0.2) is 13.8 Å². The van der Waals surface area contributed by atoms with E-state index in [2.05, 4.69) is 28.3 Å². The molecular weight excluding hydrogens is 550 g/mol. The molecule has 10 heteroatoms. The average molecular weight is 579 g/mol. The van der Waals surface area contributed by atoms with Crippen LogP contribution in [-0.2, 0) is 0 Å². The summed E-state index contributed by atoms with van der Waals surface area (Å²) in [6.07, 6.45) is 7.93. The van der Waals surface area contributed by atoms with Crippen molar-refractivity contribution in [1.29, 1.82) is 5.26 Å². The largest absolute Gasteiger partial charge is 0.391 e. The quantitative estimate of drug-likeness (QED) is 0.208. The summed E-state index contributed by atoms with van der Waals surface area (Å²) in [5, 5.41) is 15.6. The van der Waals surface area contributed by atoms with Gasteiger partial charge in [0.1, 0.15) is 34.8 Å². The molecule has 216 valence electrons. The summed E-state index contributed by atoms with van der Waals surface area (Å²) < 4.78 is 30.7. The minimum atomic E-state index is -0.772. The molecule has 0 unspecified atom stereocenters. The van der Waals surface area contributed by atoms with Crippen LogP contribution in [0.15, 0.2) is 84.6 Å². The number of allylic oxidation sites excluding steroid dienone is 2. The summed E-state index contributed by atoms with van der Waals surface area (Å²) in [6, 6.07) is 13.0. The van der Waals surface area contributed by atoms with Crippen molar-refractivity contribution in [2.45, 2.75) is 25.8 Å². The Morgan fingerprint density at radius 2 is 1.93 bits per heavy atom. The Balaban J connectivity index is 1.49. The molecule has 4 N–H and O–H groups in total. The number of nitrogens with two attached hydrogens (primary N) is 1. The number of pyridine rings is 2. The Kier molecular flexibility index (Phi) is 8.16. The van der Waals surface area contributed by atoms with Crippen LogP contribution in [0.1, 0.15) is 47.4 Å². The highest BCUT2D eigenvalue weighted by Crippen LogP contribution is 2.38. The first-order valence-corrected chi connectivity index (χ1v) is 13.6. The number of benzene rings is 2. The highest BCUT2D eigenvalue weighted by Gasteiger charge is 2.30. The predicted octanol–water partition coefficient (Wildman–Crippen LogP) is 6.03. The minimum absolute atomic E-state index is 0.00788. The SMILES string of the molecule is C=C/C(=C\NCC)c1cnc(N)c(-c2ccc(NC(=O)c3cn(C4CC4)c(C#N)c(-c4ccc(F)cc4)c3=O)cc2F)c1. The Hall–Kier alpha value is -5.56. The van der Waals surface area contributed by atoms with Gasteiger partial charge in [0.15, 0.2) is 0 Å². The van der Waals surface area contributed by atoms with Crippen LogP contribution in [0.25, 0.3) is 27.8 Å². The first-order valence-electron chi connectivity index (χ1n) is 13.6. The number of anilines is 2. The van der Waals surface area contributed by atoms with E-state index in [9.17, 15) is 19.2 Å². The molecule has 2 aromatic heterocycles. The Labute approximate surface area is 246 Å². The lowest BCUT2D eigenvalue weighted by Gasteiger charge is -2.15. The van der Waals surface area contributed by atoms with Crippen molar-refractivity contribution in [3.05, 3.63) is 118 Å². The highest BCUT2D eigenvalue weighted by atomic mass is 19.1. The summed E-state index contributed by atoms with van der Waals surface area (Å²) in [5.41, 5.74) is 7.68. The van der Waals surface area contributed by atoms with E-state index in [1.165, 1.54) is 42.6 Å². The number of nitrogens with zero attached hydrogens (tertiary/aromatic N) is 3. The van der Waals surface area contributed by atoms with Gasteiger partial charge in [0.2, 0.25) is 5.43 Å². The molecule has 2 heterocycles. The van der Waals surface area contributed by atoms with Gasteiger partial charge in [0.25, 0.3) is 5.91 Å². The van der Waals surface area contributed by atoms with Crippen molar-refractivity contribution in [2.75, 3.05) is 17.6 Å². The molecule has 0 saturated heterocycles. The third-order valence-corrected chi connectivity index (χ3v) is 7.11. The third kappa shape index (κ3) is 5.92. The second kappa shape index (κ2) is 12.1. The van der Waals surface area contributed by atoms with E-state index in [-0.39, 0.29) is 39.9 Å². The number of amides is 1. The van der Waals surface area contributed by atoms with Gasteiger partial charge in [-0.05, 0) is 67.3 Å². The van der Waals surface area contributed by atoms with E-state index in [4.69, 9.17) is 5.73 Å². The number of rotatable bonds is 9. The smallest absolute Gasteiger partial charge is 0.261 e. The highest BCUT2D eigenvalue weighted by molar-refractivity contribution is 6.05. The molecule has 0 aliphatic heterocycles. The standard InChI is InChI=1S/C33H28F2N6O2/c1-3-19(16-38-4-2)21-13-26(32(37)39-17-21)25-12-9-23(14-28(25)35)40-33(43)27-18-41(24-10-11-24)29(15-36)30(31(27)42)20-5-7-22(34)8-6-20/h3,5-9,12-14,16-18,24,38H,1,4,10-11H2,2H3,(H2,37,39)(H,40,43)/b19-16+. The molecule has 1 aliphatic rings. The number of aromatic nitrogens is 2. The van der Waals surface area contributed by atoms with Gasteiger partial charge in [-0.1, -0.05) is 24.8 Å². The second-order valence-corrected chi connectivity index (χ2v) is 10.0. The molecule has 1 aliphatic carbocycles. The molecule has 0 radical (unpaired) electrons.